The molecule has 56 valence electrons. The second kappa shape index (κ2) is 3.25. The summed E-state index contributed by atoms with van der Waals surface area (Å²) in [6.45, 7) is 0.694. The van der Waals surface area contributed by atoms with Gasteiger partial charge in [-0.15, -0.1) is 0 Å². The minimum atomic E-state index is 0.320. The molecule has 10 heavy (non-hydrogen) atoms. The van der Waals surface area contributed by atoms with E-state index in [1.165, 1.54) is 0 Å². The van der Waals surface area contributed by atoms with E-state index in [0.717, 1.165) is 18.4 Å². The largest absolute Gasteiger partial charge is 0.478 e. The topological polar surface area (TPSA) is 45.1 Å². The Morgan fingerprint density at radius 2 is 2.50 bits per heavy atom. The van der Waals surface area contributed by atoms with Gasteiger partial charge in [-0.05, 0) is 12.8 Å². The molecule has 1 saturated heterocycles. The fraction of sp³-hybridized carbons (Fsp3) is 0.571. The molecule has 0 aromatic heterocycles. The van der Waals surface area contributed by atoms with Crippen molar-refractivity contribution in [1.29, 1.82) is 5.41 Å². The molecule has 1 heterocycles. The molecule has 3 heteroatoms. The molecule has 0 aromatic carbocycles. The van der Waals surface area contributed by atoms with E-state index >= 15 is 0 Å². The van der Waals surface area contributed by atoms with Crippen molar-refractivity contribution < 1.29 is 4.74 Å². The fourth-order valence-electron chi connectivity index (χ4n) is 0.955. The number of hydrogen-bond acceptors (Lipinski definition) is 3. The van der Waals surface area contributed by atoms with E-state index in [2.05, 4.69) is 5.32 Å². The van der Waals surface area contributed by atoms with E-state index in [4.69, 9.17) is 10.1 Å². The molecule has 0 spiro atoms. The zero-order valence-corrected chi connectivity index (χ0v) is 6.11. The van der Waals surface area contributed by atoms with Gasteiger partial charge in [0, 0.05) is 18.8 Å². The van der Waals surface area contributed by atoms with Gasteiger partial charge >= 0.3 is 0 Å². The van der Waals surface area contributed by atoms with Gasteiger partial charge in [-0.2, -0.15) is 0 Å². The number of hydrogen-bond donors (Lipinski definition) is 2. The third kappa shape index (κ3) is 1.50. The van der Waals surface area contributed by atoms with Crippen LogP contribution in [0.5, 0.6) is 0 Å². The van der Waals surface area contributed by atoms with Crippen LogP contribution in [0.25, 0.3) is 0 Å². The molecule has 1 rings (SSSR count). The third-order valence-corrected chi connectivity index (χ3v) is 1.45. The van der Waals surface area contributed by atoms with Crippen molar-refractivity contribution in [3.63, 3.8) is 0 Å². The molecule has 1 aliphatic heterocycles. The average Bonchev–Trinajstić information content (AvgIpc) is 1.94. The zero-order chi connectivity index (χ0) is 7.40. The summed E-state index contributed by atoms with van der Waals surface area (Å²) in [5.41, 5.74) is 0.966. The summed E-state index contributed by atoms with van der Waals surface area (Å²) < 4.78 is 5.02. The Kier molecular flexibility index (Phi) is 2.31. The summed E-state index contributed by atoms with van der Waals surface area (Å²) in [5.74, 6) is 0.320. The van der Waals surface area contributed by atoms with Gasteiger partial charge in [0.1, 0.15) is 0 Å². The summed E-state index contributed by atoms with van der Waals surface area (Å²) in [5, 5.41) is 10.2. The molecule has 0 bridgehead atoms. The van der Waals surface area contributed by atoms with Crippen molar-refractivity contribution in [2.75, 3.05) is 13.7 Å². The van der Waals surface area contributed by atoms with Gasteiger partial charge in [0.2, 0.25) is 5.90 Å². The molecular weight excluding hydrogens is 128 g/mol. The minimum absolute atomic E-state index is 0.320. The van der Waals surface area contributed by atoms with Crippen molar-refractivity contribution in [3.8, 4) is 0 Å². The summed E-state index contributed by atoms with van der Waals surface area (Å²) in [7, 11) is 1.83. The Hall–Kier alpha value is -0.990. The molecule has 0 radical (unpaired) electrons. The van der Waals surface area contributed by atoms with Crippen molar-refractivity contribution in [1.82, 2.24) is 5.32 Å². The third-order valence-electron chi connectivity index (χ3n) is 1.45. The molecule has 3 nitrogen and oxygen atoms in total. The van der Waals surface area contributed by atoms with Gasteiger partial charge < -0.3 is 10.1 Å². The highest BCUT2D eigenvalue weighted by molar-refractivity contribution is 5.91. The summed E-state index contributed by atoms with van der Waals surface area (Å²) in [4.78, 5) is 0. The maximum Gasteiger partial charge on any atom is 0.210 e. The van der Waals surface area contributed by atoms with E-state index in [1.807, 2.05) is 13.2 Å². The van der Waals surface area contributed by atoms with Crippen molar-refractivity contribution in [2.45, 2.75) is 12.8 Å². The highest BCUT2D eigenvalue weighted by atomic mass is 16.5. The molecule has 0 saturated carbocycles. The Labute approximate surface area is 60.6 Å². The van der Waals surface area contributed by atoms with Crippen LogP contribution in [0.3, 0.4) is 0 Å². The lowest BCUT2D eigenvalue weighted by Gasteiger charge is -2.15. The first-order valence-electron chi connectivity index (χ1n) is 3.42. The second-order valence-electron chi connectivity index (χ2n) is 2.24. The van der Waals surface area contributed by atoms with Crippen molar-refractivity contribution >= 4 is 5.90 Å². The normalized spacial score (nSPS) is 22.5. The predicted octanol–water partition coefficient (Wildman–Crippen LogP) is 0.877. The molecule has 0 unspecified atom stereocenters. The highest BCUT2D eigenvalue weighted by Crippen LogP contribution is 2.12. The first-order chi connectivity index (χ1) is 4.84. The SMILES string of the molecule is CN/C=C1/CCCOC1=N. The van der Waals surface area contributed by atoms with E-state index in [0.29, 0.717) is 12.5 Å². The predicted molar refractivity (Wildman–Crippen MR) is 40.1 cm³/mol. The van der Waals surface area contributed by atoms with Gasteiger partial charge in [0.25, 0.3) is 0 Å². The first-order valence-corrected chi connectivity index (χ1v) is 3.42. The maximum absolute atomic E-state index is 7.32. The molecule has 0 aliphatic carbocycles. The summed E-state index contributed by atoms with van der Waals surface area (Å²) in [6.07, 6.45) is 3.80. The quantitative estimate of drug-likeness (QED) is 0.567. The lowest BCUT2D eigenvalue weighted by atomic mass is 10.1. The van der Waals surface area contributed by atoms with Gasteiger partial charge in [-0.3, -0.25) is 5.41 Å². The smallest absolute Gasteiger partial charge is 0.210 e. The van der Waals surface area contributed by atoms with Crippen LogP contribution in [0.4, 0.5) is 0 Å². The maximum atomic E-state index is 7.32. The van der Waals surface area contributed by atoms with E-state index in [9.17, 15) is 0 Å². The molecule has 0 amide bonds. The van der Waals surface area contributed by atoms with Crippen molar-refractivity contribution in [3.05, 3.63) is 11.8 Å². The molecule has 1 aliphatic rings. The van der Waals surface area contributed by atoms with Crippen LogP contribution in [0.15, 0.2) is 11.8 Å². The van der Waals surface area contributed by atoms with Crippen LogP contribution in [-0.2, 0) is 4.74 Å². The van der Waals surface area contributed by atoms with Crippen LogP contribution in [0, 0.1) is 5.41 Å². The van der Waals surface area contributed by atoms with E-state index < -0.39 is 0 Å². The number of nitrogens with one attached hydrogen (secondary N) is 2. The minimum Gasteiger partial charge on any atom is -0.478 e. The van der Waals surface area contributed by atoms with Crippen LogP contribution < -0.4 is 5.32 Å². The van der Waals surface area contributed by atoms with Crippen molar-refractivity contribution in [2.24, 2.45) is 0 Å². The Balaban J connectivity index is 2.56. The van der Waals surface area contributed by atoms with E-state index in [-0.39, 0.29) is 0 Å². The van der Waals surface area contributed by atoms with Crippen LogP contribution in [0.1, 0.15) is 12.8 Å². The van der Waals surface area contributed by atoms with Crippen LogP contribution in [0.2, 0.25) is 0 Å². The van der Waals surface area contributed by atoms with Crippen LogP contribution >= 0.6 is 0 Å². The number of rotatable bonds is 1. The number of ether oxygens (including phenoxy) is 1. The zero-order valence-electron chi connectivity index (χ0n) is 6.11. The Bertz CT molecular complexity index is 163. The second-order valence-corrected chi connectivity index (χ2v) is 2.24. The van der Waals surface area contributed by atoms with Gasteiger partial charge in [0.05, 0.1) is 6.61 Å². The van der Waals surface area contributed by atoms with Gasteiger partial charge in [-0.1, -0.05) is 0 Å². The Morgan fingerprint density at radius 1 is 1.70 bits per heavy atom. The van der Waals surface area contributed by atoms with Gasteiger partial charge in [-0.25, -0.2) is 0 Å². The molecule has 1 fully saturated rings. The lowest BCUT2D eigenvalue weighted by molar-refractivity contribution is 0.277. The monoisotopic (exact) mass is 140 g/mol. The first kappa shape index (κ1) is 7.12. The summed E-state index contributed by atoms with van der Waals surface area (Å²) >= 11 is 0. The molecule has 2 N–H and O–H groups in total. The van der Waals surface area contributed by atoms with Crippen LogP contribution in [-0.4, -0.2) is 19.6 Å². The van der Waals surface area contributed by atoms with E-state index in [1.54, 1.807) is 0 Å². The highest BCUT2D eigenvalue weighted by Gasteiger charge is 2.11. The lowest BCUT2D eigenvalue weighted by Crippen LogP contribution is -2.16. The molecule has 0 aromatic rings. The summed E-state index contributed by atoms with van der Waals surface area (Å²) in [6, 6.07) is 0. The van der Waals surface area contributed by atoms with Gasteiger partial charge in [0.15, 0.2) is 0 Å². The average molecular weight is 140 g/mol. The standard InChI is InChI=1S/C7H12N2O/c1-9-5-6-3-2-4-10-7(6)8/h5,8-9H,2-4H2,1H3/b6-5-,8-7?. The fourth-order valence-corrected chi connectivity index (χ4v) is 0.955. The Morgan fingerprint density at radius 3 is 3.10 bits per heavy atom. The molecule has 0 atom stereocenters. The molecular formula is C7H12N2O.